The van der Waals surface area contributed by atoms with E-state index in [1.54, 1.807) is 0 Å². The van der Waals surface area contributed by atoms with E-state index >= 15 is 0 Å². The first kappa shape index (κ1) is 14.6. The van der Waals surface area contributed by atoms with Crippen LogP contribution in [-0.4, -0.2) is 37.8 Å². The summed E-state index contributed by atoms with van der Waals surface area (Å²) >= 11 is 0. The number of aromatic nitrogens is 1. The molecule has 18 heavy (non-hydrogen) atoms. The fourth-order valence-electron chi connectivity index (χ4n) is 1.42. The monoisotopic (exact) mass is 252 g/mol. The van der Waals surface area contributed by atoms with Crippen molar-refractivity contribution in [2.24, 2.45) is 0 Å². The maximum atomic E-state index is 5.88. The molecule has 0 bridgehead atoms. The molecule has 0 fully saturated rings. The summed E-state index contributed by atoms with van der Waals surface area (Å²) < 4.78 is 5.75. The van der Waals surface area contributed by atoms with Crippen LogP contribution in [0.3, 0.4) is 0 Å². The highest BCUT2D eigenvalue weighted by molar-refractivity contribution is 5.54. The zero-order chi connectivity index (χ0) is 13.8. The molecule has 0 aliphatic carbocycles. The average Bonchev–Trinajstić information content (AvgIpc) is 2.27. The van der Waals surface area contributed by atoms with Gasteiger partial charge in [-0.05, 0) is 40.0 Å². The molecule has 1 aromatic rings. The summed E-state index contributed by atoms with van der Waals surface area (Å²) in [6.45, 7) is 7.71. The number of ether oxygens (including phenoxy) is 1. The summed E-state index contributed by atoms with van der Waals surface area (Å²) in [6, 6.07) is 3.74. The number of nitrogen functional groups attached to an aromatic ring is 1. The van der Waals surface area contributed by atoms with Crippen LogP contribution in [0.4, 0.5) is 11.5 Å². The van der Waals surface area contributed by atoms with Crippen LogP contribution in [0.2, 0.25) is 0 Å². The molecule has 0 atom stereocenters. The summed E-state index contributed by atoms with van der Waals surface area (Å²) in [5, 5.41) is 3.11. The summed E-state index contributed by atoms with van der Waals surface area (Å²) in [5.41, 5.74) is 6.14. The van der Waals surface area contributed by atoms with Gasteiger partial charge in [-0.1, -0.05) is 0 Å². The van der Waals surface area contributed by atoms with Gasteiger partial charge in [-0.25, -0.2) is 0 Å². The number of rotatable bonds is 5. The molecule has 0 spiro atoms. The molecule has 0 unspecified atom stereocenters. The third kappa shape index (κ3) is 4.41. The lowest BCUT2D eigenvalue weighted by molar-refractivity contribution is 0.125. The Morgan fingerprint density at radius 2 is 2.06 bits per heavy atom. The number of nitrogens with two attached hydrogens (primary N) is 1. The van der Waals surface area contributed by atoms with E-state index in [2.05, 4.69) is 15.2 Å². The minimum Gasteiger partial charge on any atom is -0.470 e. The Kier molecular flexibility index (Phi) is 4.78. The molecule has 1 rings (SSSR count). The summed E-state index contributed by atoms with van der Waals surface area (Å²) in [4.78, 5) is 6.52. The van der Waals surface area contributed by atoms with E-state index in [-0.39, 0.29) is 5.60 Å². The molecule has 0 saturated carbocycles. The fraction of sp³-hybridized carbons (Fsp3) is 0.615. The lowest BCUT2D eigenvalue weighted by Gasteiger charge is -2.23. The lowest BCUT2D eigenvalue weighted by atomic mass is 10.2. The van der Waals surface area contributed by atoms with Gasteiger partial charge in [0.1, 0.15) is 11.4 Å². The minimum absolute atomic E-state index is 0.302. The Morgan fingerprint density at radius 3 is 2.61 bits per heavy atom. The lowest BCUT2D eigenvalue weighted by Crippen LogP contribution is -2.28. The van der Waals surface area contributed by atoms with E-state index in [0.29, 0.717) is 11.6 Å². The van der Waals surface area contributed by atoms with Crippen LogP contribution in [0.5, 0.6) is 5.88 Å². The number of nitrogens with zero attached hydrogens (tertiary/aromatic N) is 2. The normalized spacial score (nSPS) is 11.4. The number of hydrogen-bond donors (Lipinski definition) is 2. The van der Waals surface area contributed by atoms with E-state index in [9.17, 15) is 0 Å². The van der Waals surface area contributed by atoms with Crippen molar-refractivity contribution >= 4 is 11.5 Å². The van der Waals surface area contributed by atoms with E-state index in [1.165, 1.54) is 0 Å². The first-order valence-corrected chi connectivity index (χ1v) is 6.15. The Hall–Kier alpha value is -1.49. The van der Waals surface area contributed by atoms with Crippen molar-refractivity contribution in [1.82, 2.24) is 10.3 Å². The number of nitrogens with one attached hydrogen (secondary N) is 1. The molecular weight excluding hydrogens is 228 g/mol. The van der Waals surface area contributed by atoms with Gasteiger partial charge in [-0.15, -0.1) is 0 Å². The topological polar surface area (TPSA) is 63.4 Å². The van der Waals surface area contributed by atoms with Crippen molar-refractivity contribution in [3.63, 3.8) is 0 Å². The zero-order valence-corrected chi connectivity index (χ0v) is 11.9. The predicted octanol–water partition coefficient (Wildman–Crippen LogP) is 1.50. The van der Waals surface area contributed by atoms with Crippen LogP contribution in [0, 0.1) is 0 Å². The second kappa shape index (κ2) is 5.91. The molecule has 1 heterocycles. The first-order valence-electron chi connectivity index (χ1n) is 6.15. The van der Waals surface area contributed by atoms with Crippen molar-refractivity contribution in [2.75, 3.05) is 37.8 Å². The van der Waals surface area contributed by atoms with Crippen molar-refractivity contribution < 1.29 is 4.74 Å². The van der Waals surface area contributed by atoms with Gasteiger partial charge in [0, 0.05) is 20.1 Å². The molecular formula is C13H24N4O. The first-order chi connectivity index (χ1) is 8.33. The largest absolute Gasteiger partial charge is 0.470 e. The second-order valence-electron chi connectivity index (χ2n) is 5.30. The Morgan fingerprint density at radius 1 is 1.39 bits per heavy atom. The molecule has 0 aliphatic heterocycles. The maximum absolute atomic E-state index is 5.88. The van der Waals surface area contributed by atoms with Crippen molar-refractivity contribution in [2.45, 2.75) is 26.4 Å². The van der Waals surface area contributed by atoms with Gasteiger partial charge in [-0.3, -0.25) is 0 Å². The SMILES string of the molecule is CNCCN(C)c1ccc(N)c(OC(C)(C)C)n1. The zero-order valence-electron chi connectivity index (χ0n) is 11.9. The van der Waals surface area contributed by atoms with Crippen LogP contribution < -0.4 is 20.7 Å². The molecule has 1 aromatic heterocycles. The average molecular weight is 252 g/mol. The molecule has 0 saturated heterocycles. The van der Waals surface area contributed by atoms with Gasteiger partial charge in [0.15, 0.2) is 0 Å². The summed E-state index contributed by atoms with van der Waals surface area (Å²) in [6.07, 6.45) is 0. The smallest absolute Gasteiger partial charge is 0.239 e. The summed E-state index contributed by atoms with van der Waals surface area (Å²) in [7, 11) is 3.93. The number of pyridine rings is 1. The van der Waals surface area contributed by atoms with Gasteiger partial charge in [0.2, 0.25) is 5.88 Å². The van der Waals surface area contributed by atoms with Crippen molar-refractivity contribution in [3.05, 3.63) is 12.1 Å². The Balaban J connectivity index is 2.86. The van der Waals surface area contributed by atoms with Crippen molar-refractivity contribution in [3.8, 4) is 5.88 Å². The Labute approximate surface area is 109 Å². The quantitative estimate of drug-likeness (QED) is 0.831. The highest BCUT2D eigenvalue weighted by Crippen LogP contribution is 2.25. The van der Waals surface area contributed by atoms with E-state index in [1.807, 2.05) is 47.0 Å². The standard InChI is InChI=1S/C13H24N4O/c1-13(2,3)18-12-10(14)6-7-11(16-12)17(5)9-8-15-4/h6-7,15H,8-9,14H2,1-5H3. The predicted molar refractivity (Wildman–Crippen MR) is 76.2 cm³/mol. The third-order valence-electron chi connectivity index (χ3n) is 2.37. The molecule has 0 amide bonds. The van der Waals surface area contributed by atoms with Gasteiger partial charge < -0.3 is 20.7 Å². The van der Waals surface area contributed by atoms with Crippen molar-refractivity contribution in [1.29, 1.82) is 0 Å². The molecule has 0 radical (unpaired) electrons. The molecule has 5 nitrogen and oxygen atoms in total. The number of likely N-dealkylation sites (N-methyl/N-ethyl adjacent to an activating group) is 2. The highest BCUT2D eigenvalue weighted by Gasteiger charge is 2.16. The van der Waals surface area contributed by atoms with Crippen LogP contribution in [0.1, 0.15) is 20.8 Å². The van der Waals surface area contributed by atoms with E-state index < -0.39 is 0 Å². The number of hydrogen-bond acceptors (Lipinski definition) is 5. The molecule has 0 aromatic carbocycles. The fourth-order valence-corrected chi connectivity index (χ4v) is 1.42. The van der Waals surface area contributed by atoms with E-state index in [0.717, 1.165) is 18.9 Å². The third-order valence-corrected chi connectivity index (χ3v) is 2.37. The van der Waals surface area contributed by atoms with Gasteiger partial charge in [-0.2, -0.15) is 4.98 Å². The molecule has 102 valence electrons. The van der Waals surface area contributed by atoms with Gasteiger partial charge in [0.25, 0.3) is 0 Å². The van der Waals surface area contributed by atoms with Crippen LogP contribution in [0.25, 0.3) is 0 Å². The number of anilines is 2. The van der Waals surface area contributed by atoms with Gasteiger partial charge in [0.05, 0.1) is 5.69 Å². The van der Waals surface area contributed by atoms with Crippen LogP contribution in [0.15, 0.2) is 12.1 Å². The molecule has 0 aliphatic rings. The molecule has 5 heteroatoms. The van der Waals surface area contributed by atoms with Crippen LogP contribution >= 0.6 is 0 Å². The molecule has 3 N–H and O–H groups in total. The summed E-state index contributed by atoms with van der Waals surface area (Å²) in [5.74, 6) is 1.36. The van der Waals surface area contributed by atoms with Gasteiger partial charge >= 0.3 is 0 Å². The van der Waals surface area contributed by atoms with Crippen LogP contribution in [-0.2, 0) is 0 Å². The highest BCUT2D eigenvalue weighted by atomic mass is 16.5. The second-order valence-corrected chi connectivity index (χ2v) is 5.30. The van der Waals surface area contributed by atoms with E-state index in [4.69, 9.17) is 10.5 Å². The maximum Gasteiger partial charge on any atom is 0.239 e. The Bertz CT molecular complexity index is 387. The minimum atomic E-state index is -0.302.